The molecule has 1 saturated carbocycles. The molecule has 2 aromatic carbocycles. The maximum absolute atomic E-state index is 13.0. The maximum atomic E-state index is 13.0. The van der Waals surface area contributed by atoms with Gasteiger partial charge in [-0.15, -0.1) is 0 Å². The van der Waals surface area contributed by atoms with Crippen molar-refractivity contribution in [3.05, 3.63) is 65.2 Å². The summed E-state index contributed by atoms with van der Waals surface area (Å²) in [7, 11) is -3.26. The summed E-state index contributed by atoms with van der Waals surface area (Å²) in [6.45, 7) is 8.33. The molecule has 23 heavy (non-hydrogen) atoms. The Kier molecular flexibility index (Phi) is 3.88. The van der Waals surface area contributed by atoms with E-state index in [1.807, 2.05) is 49.4 Å². The van der Waals surface area contributed by atoms with Crippen LogP contribution in [0.15, 0.2) is 53.4 Å². The molecule has 0 aromatic heterocycles. The number of hydrogen-bond donors (Lipinski definition) is 0. The molecule has 1 aliphatic rings. The number of rotatable bonds is 3. The van der Waals surface area contributed by atoms with Crippen molar-refractivity contribution in [3.63, 3.8) is 0 Å². The largest absolute Gasteiger partial charge is 0.223 e. The van der Waals surface area contributed by atoms with Crippen molar-refractivity contribution in [1.82, 2.24) is 0 Å². The second kappa shape index (κ2) is 5.48. The highest BCUT2D eigenvalue weighted by Crippen LogP contribution is 2.48. The Morgan fingerprint density at radius 2 is 1.65 bits per heavy atom. The summed E-state index contributed by atoms with van der Waals surface area (Å²) in [5.74, 6) is 0.142. The lowest BCUT2D eigenvalue weighted by Crippen LogP contribution is -2.14. The van der Waals surface area contributed by atoms with Crippen LogP contribution in [0, 0.1) is 6.92 Å². The summed E-state index contributed by atoms with van der Waals surface area (Å²) < 4.78 is 25.9. The van der Waals surface area contributed by atoms with Crippen LogP contribution in [0.2, 0.25) is 0 Å². The summed E-state index contributed by atoms with van der Waals surface area (Å²) in [5, 5.41) is -0.274. The topological polar surface area (TPSA) is 34.1 Å². The Morgan fingerprint density at radius 3 is 2.22 bits per heavy atom. The zero-order valence-corrected chi connectivity index (χ0v) is 15.0. The molecule has 3 rings (SSSR count). The Hall–Kier alpha value is -1.61. The van der Waals surface area contributed by atoms with Gasteiger partial charge in [-0.25, -0.2) is 8.42 Å². The van der Waals surface area contributed by atoms with Gasteiger partial charge in [-0.05, 0) is 41.5 Å². The summed E-state index contributed by atoms with van der Waals surface area (Å²) in [5.41, 5.74) is 3.18. The predicted octanol–water partition coefficient (Wildman–Crippen LogP) is 4.62. The summed E-state index contributed by atoms with van der Waals surface area (Å²) >= 11 is 0. The SMILES string of the molecule is Cc1cc(C(C)(C)C)ccc1S(=O)(=O)C1CC1c1ccccc1. The van der Waals surface area contributed by atoms with Gasteiger partial charge < -0.3 is 0 Å². The number of hydrogen-bond acceptors (Lipinski definition) is 2. The zero-order chi connectivity index (χ0) is 16.8. The molecule has 0 saturated heterocycles. The molecule has 0 spiro atoms. The Morgan fingerprint density at radius 1 is 1.00 bits per heavy atom. The fourth-order valence-electron chi connectivity index (χ4n) is 3.16. The van der Waals surface area contributed by atoms with Crippen LogP contribution < -0.4 is 0 Å². The van der Waals surface area contributed by atoms with Crippen molar-refractivity contribution in [2.45, 2.75) is 55.6 Å². The van der Waals surface area contributed by atoms with Crippen molar-refractivity contribution in [1.29, 1.82) is 0 Å². The first kappa shape index (κ1) is 16.3. The van der Waals surface area contributed by atoms with Crippen molar-refractivity contribution < 1.29 is 8.42 Å². The van der Waals surface area contributed by atoms with Crippen LogP contribution in [0.1, 0.15) is 49.8 Å². The van der Waals surface area contributed by atoms with Gasteiger partial charge in [-0.3, -0.25) is 0 Å². The molecule has 0 N–H and O–H groups in total. The van der Waals surface area contributed by atoms with E-state index in [1.54, 1.807) is 6.07 Å². The molecule has 0 amide bonds. The second-order valence-corrected chi connectivity index (χ2v) is 9.70. The van der Waals surface area contributed by atoms with Gasteiger partial charge in [0.25, 0.3) is 0 Å². The fraction of sp³-hybridized carbons (Fsp3) is 0.400. The molecule has 0 heterocycles. The van der Waals surface area contributed by atoms with E-state index in [4.69, 9.17) is 0 Å². The van der Waals surface area contributed by atoms with Crippen molar-refractivity contribution in [3.8, 4) is 0 Å². The van der Waals surface area contributed by atoms with Gasteiger partial charge in [-0.1, -0.05) is 63.2 Å². The van der Waals surface area contributed by atoms with E-state index < -0.39 is 9.84 Å². The minimum Gasteiger partial charge on any atom is -0.223 e. The van der Waals surface area contributed by atoms with Gasteiger partial charge in [0.1, 0.15) is 0 Å². The molecule has 2 unspecified atom stereocenters. The van der Waals surface area contributed by atoms with Crippen LogP contribution in [0.4, 0.5) is 0 Å². The van der Waals surface area contributed by atoms with E-state index in [-0.39, 0.29) is 16.6 Å². The monoisotopic (exact) mass is 328 g/mol. The first-order valence-corrected chi connectivity index (χ1v) is 9.66. The minimum atomic E-state index is -3.26. The van der Waals surface area contributed by atoms with Gasteiger partial charge in [0, 0.05) is 5.92 Å². The first-order valence-electron chi connectivity index (χ1n) is 8.11. The molecule has 0 aliphatic heterocycles. The van der Waals surface area contributed by atoms with E-state index in [0.29, 0.717) is 4.90 Å². The Labute approximate surface area is 139 Å². The Bertz CT molecular complexity index is 814. The van der Waals surface area contributed by atoms with Crippen LogP contribution in [0.3, 0.4) is 0 Å². The van der Waals surface area contributed by atoms with Crippen molar-refractivity contribution in [2.75, 3.05) is 0 Å². The minimum absolute atomic E-state index is 0.0270. The third-order valence-electron chi connectivity index (χ3n) is 4.71. The predicted molar refractivity (Wildman–Crippen MR) is 94.7 cm³/mol. The molecule has 2 aromatic rings. The van der Waals surface area contributed by atoms with Crippen LogP contribution in [0.25, 0.3) is 0 Å². The fourth-order valence-corrected chi connectivity index (χ4v) is 5.31. The van der Waals surface area contributed by atoms with Crippen molar-refractivity contribution in [2.24, 2.45) is 0 Å². The van der Waals surface area contributed by atoms with Gasteiger partial charge >= 0.3 is 0 Å². The van der Waals surface area contributed by atoms with Gasteiger partial charge in [0.05, 0.1) is 10.1 Å². The smallest absolute Gasteiger partial charge is 0.182 e. The van der Waals surface area contributed by atoms with Crippen LogP contribution in [-0.4, -0.2) is 13.7 Å². The van der Waals surface area contributed by atoms with E-state index in [2.05, 4.69) is 20.8 Å². The second-order valence-electron chi connectivity index (χ2n) is 7.57. The third-order valence-corrected chi connectivity index (χ3v) is 7.09. The Balaban J connectivity index is 1.90. The average molecular weight is 328 g/mol. The summed E-state index contributed by atoms with van der Waals surface area (Å²) in [6, 6.07) is 15.7. The molecule has 2 atom stereocenters. The first-order chi connectivity index (χ1) is 10.7. The molecular weight excluding hydrogens is 304 g/mol. The van der Waals surface area contributed by atoms with E-state index >= 15 is 0 Å². The third kappa shape index (κ3) is 3.07. The number of benzene rings is 2. The quantitative estimate of drug-likeness (QED) is 0.823. The molecule has 0 bridgehead atoms. The van der Waals surface area contributed by atoms with Gasteiger partial charge in [0.15, 0.2) is 9.84 Å². The summed E-state index contributed by atoms with van der Waals surface area (Å²) in [4.78, 5) is 0.494. The number of aryl methyl sites for hydroxylation is 1. The van der Waals surface area contributed by atoms with Crippen LogP contribution >= 0.6 is 0 Å². The summed E-state index contributed by atoms with van der Waals surface area (Å²) in [6.07, 6.45) is 0.729. The molecule has 2 nitrogen and oxygen atoms in total. The average Bonchev–Trinajstić information content (AvgIpc) is 3.28. The van der Waals surface area contributed by atoms with Crippen molar-refractivity contribution >= 4 is 9.84 Å². The molecule has 1 aliphatic carbocycles. The highest BCUT2D eigenvalue weighted by molar-refractivity contribution is 7.92. The lowest BCUT2D eigenvalue weighted by molar-refractivity contribution is 0.584. The van der Waals surface area contributed by atoms with E-state index in [1.165, 1.54) is 5.56 Å². The highest BCUT2D eigenvalue weighted by atomic mass is 32.2. The lowest BCUT2D eigenvalue weighted by Gasteiger charge is -2.20. The molecule has 3 heteroatoms. The van der Waals surface area contributed by atoms with Gasteiger partial charge in [-0.2, -0.15) is 0 Å². The zero-order valence-electron chi connectivity index (χ0n) is 14.2. The standard InChI is InChI=1S/C20H24O2S/c1-14-12-16(20(2,3)4)10-11-18(14)23(21,22)19-13-17(19)15-8-6-5-7-9-15/h5-12,17,19H,13H2,1-4H3. The molecular formula is C20H24O2S. The van der Waals surface area contributed by atoms with Crippen LogP contribution in [0.5, 0.6) is 0 Å². The maximum Gasteiger partial charge on any atom is 0.182 e. The molecule has 1 fully saturated rings. The van der Waals surface area contributed by atoms with E-state index in [9.17, 15) is 8.42 Å². The lowest BCUT2D eigenvalue weighted by atomic mass is 9.86. The highest BCUT2D eigenvalue weighted by Gasteiger charge is 2.48. The van der Waals surface area contributed by atoms with Gasteiger partial charge in [0.2, 0.25) is 0 Å². The number of sulfone groups is 1. The molecule has 122 valence electrons. The molecule has 0 radical (unpaired) electrons. The van der Waals surface area contributed by atoms with Crippen LogP contribution in [-0.2, 0) is 15.3 Å². The van der Waals surface area contributed by atoms with E-state index in [0.717, 1.165) is 17.5 Å². The normalized spacial score (nSPS) is 21.2.